The molecule has 2 heterocycles. The first kappa shape index (κ1) is 15.7. The van der Waals surface area contributed by atoms with E-state index in [1.807, 2.05) is 18.3 Å². The van der Waals surface area contributed by atoms with Crippen LogP contribution in [0.25, 0.3) is 10.9 Å². The lowest BCUT2D eigenvalue weighted by Crippen LogP contribution is -2.36. The van der Waals surface area contributed by atoms with Crippen molar-refractivity contribution in [3.63, 3.8) is 0 Å². The molecule has 0 aliphatic carbocycles. The van der Waals surface area contributed by atoms with Gasteiger partial charge in [-0.3, -0.25) is 14.6 Å². The van der Waals surface area contributed by atoms with Crippen LogP contribution in [0.1, 0.15) is 11.1 Å². The quantitative estimate of drug-likeness (QED) is 0.643. The van der Waals surface area contributed by atoms with E-state index in [9.17, 15) is 9.59 Å². The van der Waals surface area contributed by atoms with Crippen LogP contribution in [0.2, 0.25) is 0 Å². The molecule has 6 heteroatoms. The summed E-state index contributed by atoms with van der Waals surface area (Å²) >= 11 is 0. The molecule has 0 saturated heterocycles. The SMILES string of the molecule is Cc1cccc2[nH]cc(CCNC(=O)C(=O)Nc3cccnc3)c12. The van der Waals surface area contributed by atoms with Gasteiger partial charge in [0, 0.05) is 29.8 Å². The standard InChI is InChI=1S/C18H18N4O2/c1-12-4-2-6-15-16(12)13(10-21-15)7-9-20-17(23)18(24)22-14-5-3-8-19-11-14/h2-6,8,10-11,21H,7,9H2,1H3,(H,20,23)(H,22,24). The number of rotatable bonds is 4. The molecule has 6 nitrogen and oxygen atoms in total. The van der Waals surface area contributed by atoms with Crippen molar-refractivity contribution in [2.75, 3.05) is 11.9 Å². The molecule has 0 saturated carbocycles. The number of nitrogens with zero attached hydrogens (tertiary/aromatic N) is 1. The zero-order valence-electron chi connectivity index (χ0n) is 13.3. The van der Waals surface area contributed by atoms with Crippen LogP contribution in [-0.4, -0.2) is 28.3 Å². The van der Waals surface area contributed by atoms with E-state index in [2.05, 4.69) is 33.6 Å². The number of aryl methyl sites for hydroxylation is 1. The number of carbonyl (C=O) groups is 2. The summed E-state index contributed by atoms with van der Waals surface area (Å²) in [4.78, 5) is 30.8. The van der Waals surface area contributed by atoms with Crippen molar-refractivity contribution in [2.45, 2.75) is 13.3 Å². The van der Waals surface area contributed by atoms with Crippen molar-refractivity contribution in [2.24, 2.45) is 0 Å². The molecule has 0 spiro atoms. The second-order valence-electron chi connectivity index (χ2n) is 5.51. The summed E-state index contributed by atoms with van der Waals surface area (Å²) in [6.07, 6.45) is 5.68. The number of aromatic nitrogens is 2. The van der Waals surface area contributed by atoms with Gasteiger partial charge in [0.15, 0.2) is 0 Å². The second-order valence-corrected chi connectivity index (χ2v) is 5.51. The maximum absolute atomic E-state index is 11.9. The Kier molecular flexibility index (Phi) is 4.56. The molecule has 3 rings (SSSR count). The molecule has 0 aliphatic heterocycles. The Labute approximate surface area is 139 Å². The molecule has 0 unspecified atom stereocenters. The number of amides is 2. The third-order valence-electron chi connectivity index (χ3n) is 3.80. The number of fused-ring (bicyclic) bond motifs is 1. The number of H-pyrrole nitrogens is 1. The number of nitrogens with one attached hydrogen (secondary N) is 3. The van der Waals surface area contributed by atoms with E-state index >= 15 is 0 Å². The van der Waals surface area contributed by atoms with Gasteiger partial charge in [0.25, 0.3) is 0 Å². The summed E-state index contributed by atoms with van der Waals surface area (Å²) in [7, 11) is 0. The molecule has 0 bridgehead atoms. The number of hydrogen-bond donors (Lipinski definition) is 3. The Morgan fingerprint density at radius 2 is 2.04 bits per heavy atom. The van der Waals surface area contributed by atoms with Gasteiger partial charge in [0.1, 0.15) is 0 Å². The third kappa shape index (κ3) is 3.43. The molecular weight excluding hydrogens is 304 g/mol. The highest BCUT2D eigenvalue weighted by molar-refractivity contribution is 6.39. The molecule has 0 radical (unpaired) electrons. The summed E-state index contributed by atoms with van der Waals surface area (Å²) in [6.45, 7) is 2.44. The summed E-state index contributed by atoms with van der Waals surface area (Å²) in [5.74, 6) is -1.35. The first-order chi connectivity index (χ1) is 11.6. The number of benzene rings is 1. The van der Waals surface area contributed by atoms with Gasteiger partial charge in [-0.2, -0.15) is 0 Å². The second kappa shape index (κ2) is 6.95. The van der Waals surface area contributed by atoms with E-state index in [4.69, 9.17) is 0 Å². The fourth-order valence-corrected chi connectivity index (χ4v) is 2.66. The molecule has 24 heavy (non-hydrogen) atoms. The molecule has 122 valence electrons. The number of hydrogen-bond acceptors (Lipinski definition) is 3. The Bertz CT molecular complexity index is 871. The smallest absolute Gasteiger partial charge is 0.313 e. The van der Waals surface area contributed by atoms with E-state index in [1.165, 1.54) is 17.1 Å². The van der Waals surface area contributed by atoms with Crippen molar-refractivity contribution in [3.8, 4) is 0 Å². The summed E-state index contributed by atoms with van der Waals surface area (Å²) in [5.41, 5.74) is 3.87. The maximum atomic E-state index is 11.9. The molecular formula is C18H18N4O2. The lowest BCUT2D eigenvalue weighted by molar-refractivity contribution is -0.136. The van der Waals surface area contributed by atoms with Gasteiger partial charge in [-0.15, -0.1) is 0 Å². The summed E-state index contributed by atoms with van der Waals surface area (Å²) in [6, 6.07) is 9.44. The number of carbonyl (C=O) groups excluding carboxylic acids is 2. The predicted molar refractivity (Wildman–Crippen MR) is 92.6 cm³/mol. The zero-order valence-corrected chi connectivity index (χ0v) is 13.3. The van der Waals surface area contributed by atoms with E-state index in [-0.39, 0.29) is 0 Å². The average molecular weight is 322 g/mol. The van der Waals surface area contributed by atoms with Gasteiger partial charge in [-0.1, -0.05) is 12.1 Å². The minimum atomic E-state index is -0.696. The van der Waals surface area contributed by atoms with Crippen molar-refractivity contribution >= 4 is 28.4 Å². The van der Waals surface area contributed by atoms with Gasteiger partial charge in [-0.25, -0.2) is 0 Å². The number of pyridine rings is 1. The topological polar surface area (TPSA) is 86.9 Å². The molecule has 3 aromatic rings. The van der Waals surface area contributed by atoms with Crippen molar-refractivity contribution in [3.05, 3.63) is 60.0 Å². The van der Waals surface area contributed by atoms with Gasteiger partial charge < -0.3 is 15.6 Å². The summed E-state index contributed by atoms with van der Waals surface area (Å²) < 4.78 is 0. The van der Waals surface area contributed by atoms with Crippen LogP contribution < -0.4 is 10.6 Å². The van der Waals surface area contributed by atoms with Gasteiger partial charge in [-0.05, 0) is 42.7 Å². The highest BCUT2D eigenvalue weighted by Crippen LogP contribution is 2.22. The Morgan fingerprint density at radius 3 is 2.83 bits per heavy atom. The van der Waals surface area contributed by atoms with Crippen LogP contribution in [0.5, 0.6) is 0 Å². The van der Waals surface area contributed by atoms with Gasteiger partial charge in [0.2, 0.25) is 0 Å². The molecule has 0 fully saturated rings. The largest absolute Gasteiger partial charge is 0.361 e. The van der Waals surface area contributed by atoms with Gasteiger partial charge in [0.05, 0.1) is 11.9 Å². The normalized spacial score (nSPS) is 10.5. The van der Waals surface area contributed by atoms with Crippen molar-refractivity contribution in [1.82, 2.24) is 15.3 Å². The minimum Gasteiger partial charge on any atom is -0.361 e. The molecule has 2 aromatic heterocycles. The molecule has 2 amide bonds. The van der Waals surface area contributed by atoms with E-state index in [0.717, 1.165) is 11.1 Å². The molecule has 3 N–H and O–H groups in total. The lowest BCUT2D eigenvalue weighted by Gasteiger charge is -2.06. The fraction of sp³-hybridized carbons (Fsp3) is 0.167. The third-order valence-corrected chi connectivity index (χ3v) is 3.80. The van der Waals surface area contributed by atoms with Crippen LogP contribution >= 0.6 is 0 Å². The summed E-state index contributed by atoms with van der Waals surface area (Å²) in [5, 5.41) is 6.32. The Balaban J connectivity index is 1.56. The molecule has 1 aromatic carbocycles. The van der Waals surface area contributed by atoms with E-state index in [1.54, 1.807) is 18.3 Å². The van der Waals surface area contributed by atoms with Crippen LogP contribution in [-0.2, 0) is 16.0 Å². The highest BCUT2D eigenvalue weighted by Gasteiger charge is 2.13. The lowest BCUT2D eigenvalue weighted by atomic mass is 10.1. The van der Waals surface area contributed by atoms with Crippen LogP contribution in [0.4, 0.5) is 5.69 Å². The van der Waals surface area contributed by atoms with Crippen molar-refractivity contribution < 1.29 is 9.59 Å². The molecule has 0 atom stereocenters. The van der Waals surface area contributed by atoms with E-state index < -0.39 is 11.8 Å². The van der Waals surface area contributed by atoms with Gasteiger partial charge >= 0.3 is 11.8 Å². The van der Waals surface area contributed by atoms with Crippen LogP contribution in [0.15, 0.2) is 48.9 Å². The Hall–Kier alpha value is -3.15. The van der Waals surface area contributed by atoms with Crippen molar-refractivity contribution in [1.29, 1.82) is 0 Å². The average Bonchev–Trinajstić information content (AvgIpc) is 3.00. The maximum Gasteiger partial charge on any atom is 0.313 e. The zero-order chi connectivity index (χ0) is 16.9. The monoisotopic (exact) mass is 322 g/mol. The minimum absolute atomic E-state index is 0.389. The first-order valence-corrected chi connectivity index (χ1v) is 7.70. The first-order valence-electron chi connectivity index (χ1n) is 7.70. The molecule has 0 aliphatic rings. The number of anilines is 1. The number of aromatic amines is 1. The predicted octanol–water partition coefficient (Wildman–Crippen LogP) is 2.17. The van der Waals surface area contributed by atoms with Crippen LogP contribution in [0, 0.1) is 6.92 Å². The van der Waals surface area contributed by atoms with Crippen LogP contribution in [0.3, 0.4) is 0 Å². The highest BCUT2D eigenvalue weighted by atomic mass is 16.2. The van der Waals surface area contributed by atoms with E-state index in [0.29, 0.717) is 18.7 Å². The fourth-order valence-electron chi connectivity index (χ4n) is 2.66. The Morgan fingerprint density at radius 1 is 1.17 bits per heavy atom.